The standard InChI is InChI=1S/C18H25NO4/c1-13-12-16(8-10-20)23-17(13)7-4-14-2-5-15(6-3-14)19-9-11-22-18(19)21/h2-3,5-6,13,16-17,20H,4,7-12H2,1H3/t13-,16+,17-/m1/s1. The zero-order valence-corrected chi connectivity index (χ0v) is 13.6. The highest BCUT2D eigenvalue weighted by atomic mass is 16.6. The van der Waals surface area contributed by atoms with Crippen molar-refractivity contribution in [1.29, 1.82) is 0 Å². The van der Waals surface area contributed by atoms with Gasteiger partial charge < -0.3 is 14.6 Å². The first kappa shape index (κ1) is 16.3. The van der Waals surface area contributed by atoms with Gasteiger partial charge in [0.1, 0.15) is 6.61 Å². The van der Waals surface area contributed by atoms with Crippen LogP contribution < -0.4 is 4.90 Å². The molecule has 0 radical (unpaired) electrons. The van der Waals surface area contributed by atoms with Gasteiger partial charge in [-0.1, -0.05) is 19.1 Å². The molecule has 5 heteroatoms. The van der Waals surface area contributed by atoms with E-state index in [1.54, 1.807) is 4.90 Å². The van der Waals surface area contributed by atoms with Crippen molar-refractivity contribution in [1.82, 2.24) is 0 Å². The van der Waals surface area contributed by atoms with Gasteiger partial charge in [0.2, 0.25) is 0 Å². The summed E-state index contributed by atoms with van der Waals surface area (Å²) in [7, 11) is 0. The van der Waals surface area contributed by atoms with Gasteiger partial charge in [-0.25, -0.2) is 4.79 Å². The molecule has 2 aliphatic heterocycles. The van der Waals surface area contributed by atoms with Crippen LogP contribution in [-0.2, 0) is 15.9 Å². The Morgan fingerprint density at radius 2 is 2.04 bits per heavy atom. The van der Waals surface area contributed by atoms with Crippen LogP contribution in [-0.4, -0.2) is 43.2 Å². The van der Waals surface area contributed by atoms with E-state index in [0.29, 0.717) is 19.1 Å². The van der Waals surface area contributed by atoms with E-state index in [0.717, 1.165) is 31.4 Å². The maximum absolute atomic E-state index is 11.5. The van der Waals surface area contributed by atoms with Gasteiger partial charge in [0.25, 0.3) is 0 Å². The molecule has 0 saturated carbocycles. The van der Waals surface area contributed by atoms with E-state index in [2.05, 4.69) is 19.1 Å². The number of aryl methyl sites for hydroxylation is 1. The predicted octanol–water partition coefficient (Wildman–Crippen LogP) is 2.75. The second kappa shape index (κ2) is 7.32. The maximum Gasteiger partial charge on any atom is 0.414 e. The van der Waals surface area contributed by atoms with Crippen molar-refractivity contribution in [3.05, 3.63) is 29.8 Å². The van der Waals surface area contributed by atoms with Crippen LogP contribution in [0.15, 0.2) is 24.3 Å². The maximum atomic E-state index is 11.5. The molecule has 3 atom stereocenters. The third-order valence-corrected chi connectivity index (χ3v) is 4.81. The number of hydrogen-bond donors (Lipinski definition) is 1. The van der Waals surface area contributed by atoms with E-state index in [-0.39, 0.29) is 24.9 Å². The fourth-order valence-corrected chi connectivity index (χ4v) is 3.47. The zero-order chi connectivity index (χ0) is 16.2. The summed E-state index contributed by atoms with van der Waals surface area (Å²) in [5.74, 6) is 0.546. The number of aliphatic hydroxyl groups excluding tert-OH is 1. The van der Waals surface area contributed by atoms with Crippen molar-refractivity contribution in [2.75, 3.05) is 24.7 Å². The lowest BCUT2D eigenvalue weighted by molar-refractivity contribution is 0.0198. The molecule has 1 N–H and O–H groups in total. The smallest absolute Gasteiger partial charge is 0.414 e. The third kappa shape index (κ3) is 3.85. The molecule has 1 amide bonds. The number of carbonyl (C=O) groups is 1. The van der Waals surface area contributed by atoms with Gasteiger partial charge in [-0.2, -0.15) is 0 Å². The fraction of sp³-hybridized carbons (Fsp3) is 0.611. The number of rotatable bonds is 6. The SMILES string of the molecule is C[C@@H]1C[C@H](CCO)O[C@@H]1CCc1ccc(N2CCOC2=O)cc1. The largest absolute Gasteiger partial charge is 0.447 e. The van der Waals surface area contributed by atoms with Crippen molar-refractivity contribution in [2.24, 2.45) is 5.92 Å². The molecule has 1 aromatic carbocycles. The first-order chi connectivity index (χ1) is 11.2. The van der Waals surface area contributed by atoms with Crippen LogP contribution in [0.2, 0.25) is 0 Å². The molecule has 0 unspecified atom stereocenters. The van der Waals surface area contributed by atoms with Crippen molar-refractivity contribution < 1.29 is 19.4 Å². The number of anilines is 1. The van der Waals surface area contributed by atoms with E-state index in [1.165, 1.54) is 5.56 Å². The summed E-state index contributed by atoms with van der Waals surface area (Å²) in [6.45, 7) is 3.51. The molecule has 3 rings (SSSR count). The highest BCUT2D eigenvalue weighted by Gasteiger charge is 2.31. The molecule has 0 aromatic heterocycles. The number of cyclic esters (lactones) is 1. The van der Waals surface area contributed by atoms with Gasteiger partial charge in [0.05, 0.1) is 18.8 Å². The number of benzene rings is 1. The minimum atomic E-state index is -0.263. The van der Waals surface area contributed by atoms with E-state index in [1.807, 2.05) is 12.1 Å². The summed E-state index contributed by atoms with van der Waals surface area (Å²) >= 11 is 0. The summed E-state index contributed by atoms with van der Waals surface area (Å²) < 4.78 is 11.0. The Bertz CT molecular complexity index is 530. The van der Waals surface area contributed by atoms with E-state index < -0.39 is 0 Å². The van der Waals surface area contributed by atoms with E-state index in [9.17, 15) is 4.79 Å². The van der Waals surface area contributed by atoms with Crippen LogP contribution in [0.5, 0.6) is 0 Å². The van der Waals surface area contributed by atoms with Crippen LogP contribution in [0.1, 0.15) is 31.7 Å². The number of nitrogens with zero attached hydrogens (tertiary/aromatic N) is 1. The normalized spacial score (nSPS) is 27.5. The molecule has 0 bridgehead atoms. The van der Waals surface area contributed by atoms with Crippen molar-refractivity contribution in [3.8, 4) is 0 Å². The molecule has 5 nitrogen and oxygen atoms in total. The molecule has 2 heterocycles. The Kier molecular flexibility index (Phi) is 5.18. The van der Waals surface area contributed by atoms with Crippen LogP contribution in [0.3, 0.4) is 0 Å². The highest BCUT2D eigenvalue weighted by molar-refractivity contribution is 5.89. The fourth-order valence-electron chi connectivity index (χ4n) is 3.47. The summed E-state index contributed by atoms with van der Waals surface area (Å²) in [6, 6.07) is 8.11. The van der Waals surface area contributed by atoms with Crippen LogP contribution in [0, 0.1) is 5.92 Å². The first-order valence-electron chi connectivity index (χ1n) is 8.47. The minimum Gasteiger partial charge on any atom is -0.447 e. The summed E-state index contributed by atoms with van der Waals surface area (Å²) in [5.41, 5.74) is 2.15. The molecule has 0 spiro atoms. The Labute approximate surface area is 137 Å². The van der Waals surface area contributed by atoms with Crippen molar-refractivity contribution in [2.45, 2.75) is 44.8 Å². The highest BCUT2D eigenvalue weighted by Crippen LogP contribution is 2.31. The molecule has 2 saturated heterocycles. The monoisotopic (exact) mass is 319 g/mol. The topological polar surface area (TPSA) is 59.0 Å². The van der Waals surface area contributed by atoms with Gasteiger partial charge in [-0.05, 0) is 49.3 Å². The number of amides is 1. The summed E-state index contributed by atoms with van der Waals surface area (Å²) in [6.07, 6.45) is 3.96. The number of carbonyl (C=O) groups excluding carboxylic acids is 1. The van der Waals surface area contributed by atoms with Crippen LogP contribution in [0.4, 0.5) is 10.5 Å². The van der Waals surface area contributed by atoms with E-state index >= 15 is 0 Å². The lowest BCUT2D eigenvalue weighted by Gasteiger charge is -2.16. The van der Waals surface area contributed by atoms with Gasteiger partial charge in [-0.15, -0.1) is 0 Å². The second-order valence-electron chi connectivity index (χ2n) is 6.49. The molecule has 2 fully saturated rings. The Balaban J connectivity index is 1.52. The number of aliphatic hydroxyl groups is 1. The van der Waals surface area contributed by atoms with Crippen molar-refractivity contribution in [3.63, 3.8) is 0 Å². The average molecular weight is 319 g/mol. The Hall–Kier alpha value is -1.59. The second-order valence-corrected chi connectivity index (χ2v) is 6.49. The Morgan fingerprint density at radius 3 is 2.70 bits per heavy atom. The van der Waals surface area contributed by atoms with Crippen molar-refractivity contribution >= 4 is 11.8 Å². The van der Waals surface area contributed by atoms with Gasteiger partial charge >= 0.3 is 6.09 Å². The lowest BCUT2D eigenvalue weighted by Crippen LogP contribution is -2.23. The first-order valence-corrected chi connectivity index (χ1v) is 8.47. The molecular weight excluding hydrogens is 294 g/mol. The average Bonchev–Trinajstić information content (AvgIpc) is 3.12. The molecule has 0 aliphatic carbocycles. The summed E-state index contributed by atoms with van der Waals surface area (Å²) in [4.78, 5) is 13.2. The van der Waals surface area contributed by atoms with Gasteiger partial charge in [-0.3, -0.25) is 4.90 Å². The molecule has 1 aromatic rings. The van der Waals surface area contributed by atoms with Gasteiger partial charge in [0, 0.05) is 12.3 Å². The van der Waals surface area contributed by atoms with Crippen LogP contribution in [0.25, 0.3) is 0 Å². The Morgan fingerprint density at radius 1 is 1.26 bits per heavy atom. The molecular formula is C18H25NO4. The predicted molar refractivity (Wildman–Crippen MR) is 87.6 cm³/mol. The number of ether oxygens (including phenoxy) is 2. The van der Waals surface area contributed by atoms with Crippen LogP contribution >= 0.6 is 0 Å². The third-order valence-electron chi connectivity index (χ3n) is 4.81. The molecule has 23 heavy (non-hydrogen) atoms. The summed E-state index contributed by atoms with van der Waals surface area (Å²) in [5, 5.41) is 9.02. The molecule has 126 valence electrons. The minimum absolute atomic E-state index is 0.199. The zero-order valence-electron chi connectivity index (χ0n) is 13.6. The van der Waals surface area contributed by atoms with Gasteiger partial charge in [0.15, 0.2) is 0 Å². The van der Waals surface area contributed by atoms with E-state index in [4.69, 9.17) is 14.6 Å². The quantitative estimate of drug-likeness (QED) is 0.876. The number of hydrogen-bond acceptors (Lipinski definition) is 4. The lowest BCUT2D eigenvalue weighted by atomic mass is 9.96. The molecule has 2 aliphatic rings.